The van der Waals surface area contributed by atoms with Crippen molar-refractivity contribution in [2.24, 2.45) is 0 Å². The van der Waals surface area contributed by atoms with Crippen molar-refractivity contribution >= 4 is 5.97 Å². The molecule has 0 bridgehead atoms. The van der Waals surface area contributed by atoms with Gasteiger partial charge in [0.2, 0.25) is 0 Å². The van der Waals surface area contributed by atoms with Crippen molar-refractivity contribution in [2.75, 3.05) is 14.2 Å². The van der Waals surface area contributed by atoms with Crippen LogP contribution < -0.4 is 10.2 Å². The summed E-state index contributed by atoms with van der Waals surface area (Å²) in [6, 6.07) is 0. The molecule has 1 atom stereocenters. The number of allylic oxidation sites excluding steroid dienone is 4. The van der Waals surface area contributed by atoms with Crippen LogP contribution >= 0.6 is 0 Å². The van der Waals surface area contributed by atoms with Gasteiger partial charge in [0.1, 0.15) is 0 Å². The van der Waals surface area contributed by atoms with Gasteiger partial charge in [-0.3, -0.25) is 0 Å². The third-order valence-electron chi connectivity index (χ3n) is 4.72. The first-order chi connectivity index (χ1) is 11.7. The largest absolute Gasteiger partial charge is 0.857 e. The maximum atomic E-state index is 11.6. The van der Waals surface area contributed by atoms with E-state index >= 15 is 0 Å². The SMILES string of the molecule is C=C(C)C(=O)[O][Ti+2][CH]1CCCC2=C1CC1=C2CCCC1.C[O-].C[O-]. The Kier molecular flexibility index (Phi) is 9.83. The van der Waals surface area contributed by atoms with Crippen molar-refractivity contribution in [1.82, 2.24) is 0 Å². The second-order valence-corrected chi connectivity index (χ2v) is 7.98. The van der Waals surface area contributed by atoms with E-state index in [1.165, 1.54) is 51.4 Å². The summed E-state index contributed by atoms with van der Waals surface area (Å²) < 4.78 is 6.11. The smallest absolute Gasteiger partial charge is 0.153 e. The van der Waals surface area contributed by atoms with E-state index in [9.17, 15) is 4.79 Å². The third kappa shape index (κ3) is 5.16. The second-order valence-electron chi connectivity index (χ2n) is 6.20. The molecule has 5 heteroatoms. The third-order valence-corrected chi connectivity index (χ3v) is 6.63. The standard InChI is InChI=1S/C13H17.C4H6O2.2CH3O.Ti/c1-3-7-12-10(5-1)9-11-6-2-4-8-13(11)12;1-3(2)4(5)6;2*1-2;/h5H,1-4,6-9H2;1H2,2H3,(H,5,6);2*1H3;/q;;2*-1;+3/p-1. The van der Waals surface area contributed by atoms with Gasteiger partial charge in [0, 0.05) is 0 Å². The maximum absolute atomic E-state index is 11.6. The van der Waals surface area contributed by atoms with Crippen LogP contribution in [0.5, 0.6) is 0 Å². The zero-order valence-electron chi connectivity index (χ0n) is 15.1. The van der Waals surface area contributed by atoms with Gasteiger partial charge >= 0.3 is 131 Å². The van der Waals surface area contributed by atoms with Crippen LogP contribution in [0.1, 0.15) is 58.3 Å². The molecule has 3 aliphatic rings. The molecule has 3 aliphatic carbocycles. The van der Waals surface area contributed by atoms with Crippen LogP contribution in [-0.2, 0) is 27.7 Å². The van der Waals surface area contributed by atoms with Crippen molar-refractivity contribution in [3.8, 4) is 0 Å². The van der Waals surface area contributed by atoms with Crippen LogP contribution in [0.2, 0.25) is 4.22 Å². The summed E-state index contributed by atoms with van der Waals surface area (Å²) in [7, 11) is 1.50. The molecule has 3 rings (SSSR count). The van der Waals surface area contributed by atoms with E-state index in [1.54, 1.807) is 29.2 Å². The Hall–Kier alpha value is -0.676. The molecule has 0 radical (unpaired) electrons. The minimum absolute atomic E-state index is 0.187. The Labute approximate surface area is 155 Å². The summed E-state index contributed by atoms with van der Waals surface area (Å²) >= 11 is -0.674. The zero-order chi connectivity index (χ0) is 18.1. The molecule has 0 fully saturated rings. The summed E-state index contributed by atoms with van der Waals surface area (Å²) in [4.78, 5) is 11.6. The molecular formula is C19H28O4Ti. The van der Waals surface area contributed by atoms with E-state index in [0.717, 1.165) is 14.2 Å². The normalized spacial score (nSPS) is 21.3. The predicted molar refractivity (Wildman–Crippen MR) is 87.5 cm³/mol. The molecular weight excluding hydrogens is 340 g/mol. The average Bonchev–Trinajstić information content (AvgIpc) is 3.02. The van der Waals surface area contributed by atoms with Gasteiger partial charge < -0.3 is 10.2 Å². The van der Waals surface area contributed by atoms with Crippen molar-refractivity contribution in [1.29, 1.82) is 0 Å². The van der Waals surface area contributed by atoms with E-state index in [2.05, 4.69) is 6.58 Å². The quantitative estimate of drug-likeness (QED) is 0.567. The van der Waals surface area contributed by atoms with Gasteiger partial charge in [-0.05, 0) is 0 Å². The predicted octanol–water partition coefficient (Wildman–Crippen LogP) is 2.60. The molecule has 0 heterocycles. The van der Waals surface area contributed by atoms with Gasteiger partial charge in [-0.1, -0.05) is 0 Å². The van der Waals surface area contributed by atoms with E-state index in [0.29, 0.717) is 9.80 Å². The second kappa shape index (κ2) is 11.0. The molecule has 0 amide bonds. The molecule has 24 heavy (non-hydrogen) atoms. The summed E-state index contributed by atoms with van der Waals surface area (Å²) in [5, 5.41) is 16.5. The van der Waals surface area contributed by atoms with E-state index < -0.39 is 19.5 Å². The Morgan fingerprint density at radius 3 is 2.38 bits per heavy atom. The molecule has 1 unspecified atom stereocenters. The van der Waals surface area contributed by atoms with Gasteiger partial charge in [-0.2, -0.15) is 14.2 Å². The van der Waals surface area contributed by atoms with Crippen LogP contribution in [-0.4, -0.2) is 20.2 Å². The Balaban J connectivity index is 0.000000671. The molecule has 0 aromatic heterocycles. The van der Waals surface area contributed by atoms with Gasteiger partial charge in [0.25, 0.3) is 0 Å². The Bertz CT molecular complexity index is 519. The molecule has 0 aromatic carbocycles. The number of hydrogen-bond donors (Lipinski definition) is 0. The van der Waals surface area contributed by atoms with Crippen LogP contribution in [0.3, 0.4) is 0 Å². The number of rotatable bonds is 3. The minimum Gasteiger partial charge on any atom is -0.857 e. The van der Waals surface area contributed by atoms with Crippen LogP contribution in [0, 0.1) is 0 Å². The Morgan fingerprint density at radius 1 is 1.08 bits per heavy atom. The molecule has 0 saturated heterocycles. The van der Waals surface area contributed by atoms with Crippen molar-refractivity contribution in [2.45, 2.75) is 62.5 Å². The van der Waals surface area contributed by atoms with Gasteiger partial charge in [-0.15, -0.1) is 0 Å². The van der Waals surface area contributed by atoms with Crippen molar-refractivity contribution < 1.29 is 37.9 Å². The number of hydrogen-bond acceptors (Lipinski definition) is 4. The van der Waals surface area contributed by atoms with E-state index in [1.807, 2.05) is 0 Å². The molecule has 0 saturated carbocycles. The van der Waals surface area contributed by atoms with Gasteiger partial charge in [0.05, 0.1) is 0 Å². The summed E-state index contributed by atoms with van der Waals surface area (Å²) in [5.41, 5.74) is 7.27. The van der Waals surface area contributed by atoms with E-state index in [4.69, 9.17) is 13.5 Å². The number of carbonyl (C=O) groups is 1. The van der Waals surface area contributed by atoms with Crippen molar-refractivity contribution in [3.63, 3.8) is 0 Å². The van der Waals surface area contributed by atoms with Crippen LogP contribution in [0.4, 0.5) is 0 Å². The molecule has 0 spiro atoms. The first-order valence-electron chi connectivity index (χ1n) is 8.54. The Morgan fingerprint density at radius 2 is 1.71 bits per heavy atom. The topological polar surface area (TPSA) is 72.4 Å². The molecule has 0 aliphatic heterocycles. The first kappa shape index (κ1) is 21.4. The van der Waals surface area contributed by atoms with Gasteiger partial charge in [0.15, 0.2) is 0 Å². The van der Waals surface area contributed by atoms with Gasteiger partial charge in [-0.25, -0.2) is 0 Å². The zero-order valence-corrected chi connectivity index (χ0v) is 16.6. The number of fused-ring (bicyclic) bond motifs is 1. The number of carbonyl (C=O) groups excluding carboxylic acids is 1. The monoisotopic (exact) mass is 368 g/mol. The van der Waals surface area contributed by atoms with Crippen LogP contribution in [0.25, 0.3) is 0 Å². The maximum Gasteiger partial charge on any atom is -0.153 e. The molecule has 0 N–H and O–H groups in total. The molecule has 132 valence electrons. The summed E-state index contributed by atoms with van der Waals surface area (Å²) in [6.45, 7) is 5.40. The fourth-order valence-electron chi connectivity index (χ4n) is 3.70. The summed E-state index contributed by atoms with van der Waals surface area (Å²) in [5.74, 6) is -0.187. The summed E-state index contributed by atoms with van der Waals surface area (Å²) in [6.07, 6.45) is 10.3. The van der Waals surface area contributed by atoms with Crippen LogP contribution in [0.15, 0.2) is 34.4 Å². The van der Waals surface area contributed by atoms with E-state index in [-0.39, 0.29) is 5.97 Å². The average molecular weight is 368 g/mol. The fourth-order valence-corrected chi connectivity index (χ4v) is 5.52. The minimum atomic E-state index is -0.674. The van der Waals surface area contributed by atoms with Crippen molar-refractivity contribution in [3.05, 3.63) is 34.4 Å². The first-order valence-corrected chi connectivity index (χ1v) is 10.1. The molecule has 4 nitrogen and oxygen atoms in total. The molecule has 0 aromatic rings. The fraction of sp³-hybridized carbons (Fsp3) is 0.632.